The minimum atomic E-state index is -0.805. The van der Waals surface area contributed by atoms with Gasteiger partial charge in [-0.2, -0.15) is 0 Å². The van der Waals surface area contributed by atoms with Crippen molar-refractivity contribution in [1.82, 2.24) is 5.43 Å². The van der Waals surface area contributed by atoms with Crippen LogP contribution in [0.1, 0.15) is 57.6 Å². The summed E-state index contributed by atoms with van der Waals surface area (Å²) in [5.74, 6) is 4.65. The number of hydrogen-bond acceptors (Lipinski definition) is 2. The molecule has 0 radical (unpaired) electrons. The standard InChI is InChI=1S/C16H24F2N2/c1-11(2)10-16(8-3-4-9-16)15(20-19)12-6-5-7-13(17)14(12)18/h5-7,11,15,20H,3-4,8-10,19H2,1-2H3. The maximum absolute atomic E-state index is 14.1. The van der Waals surface area contributed by atoms with Crippen LogP contribution in [0.15, 0.2) is 18.2 Å². The van der Waals surface area contributed by atoms with Crippen molar-refractivity contribution in [3.63, 3.8) is 0 Å². The van der Waals surface area contributed by atoms with Crippen LogP contribution >= 0.6 is 0 Å². The summed E-state index contributed by atoms with van der Waals surface area (Å²) in [7, 11) is 0. The Labute approximate surface area is 119 Å². The molecule has 1 aliphatic rings. The molecule has 0 spiro atoms. The SMILES string of the molecule is CC(C)CC1(C(NN)c2cccc(F)c2F)CCCC1. The van der Waals surface area contributed by atoms with Gasteiger partial charge in [0, 0.05) is 5.56 Å². The lowest BCUT2D eigenvalue weighted by Gasteiger charge is -2.39. The zero-order valence-electron chi connectivity index (χ0n) is 12.3. The Morgan fingerprint density at radius 3 is 2.45 bits per heavy atom. The first-order chi connectivity index (χ1) is 9.50. The van der Waals surface area contributed by atoms with E-state index in [9.17, 15) is 8.78 Å². The molecule has 4 heteroatoms. The van der Waals surface area contributed by atoms with E-state index < -0.39 is 11.6 Å². The van der Waals surface area contributed by atoms with Crippen LogP contribution in [0.5, 0.6) is 0 Å². The number of hydrazine groups is 1. The summed E-state index contributed by atoms with van der Waals surface area (Å²) in [4.78, 5) is 0. The Balaban J connectivity index is 2.40. The van der Waals surface area contributed by atoms with Gasteiger partial charge in [-0.15, -0.1) is 0 Å². The van der Waals surface area contributed by atoms with Gasteiger partial charge < -0.3 is 0 Å². The number of rotatable bonds is 5. The zero-order chi connectivity index (χ0) is 14.8. The van der Waals surface area contributed by atoms with Crippen LogP contribution in [0.3, 0.4) is 0 Å². The first-order valence-corrected chi connectivity index (χ1v) is 7.40. The molecule has 2 nitrogen and oxygen atoms in total. The summed E-state index contributed by atoms with van der Waals surface area (Å²) in [6, 6.07) is 4.01. The minimum Gasteiger partial charge on any atom is -0.271 e. The van der Waals surface area contributed by atoms with Crippen LogP contribution in [0.25, 0.3) is 0 Å². The molecule has 1 aliphatic carbocycles. The van der Waals surface area contributed by atoms with Crippen molar-refractivity contribution < 1.29 is 8.78 Å². The number of benzene rings is 1. The highest BCUT2D eigenvalue weighted by Crippen LogP contribution is 2.51. The smallest absolute Gasteiger partial charge is 0.163 e. The fourth-order valence-corrected chi connectivity index (χ4v) is 3.84. The fraction of sp³-hybridized carbons (Fsp3) is 0.625. The molecule has 0 bridgehead atoms. The van der Waals surface area contributed by atoms with Crippen molar-refractivity contribution >= 4 is 0 Å². The molecule has 1 unspecified atom stereocenters. The minimum absolute atomic E-state index is 0.0719. The van der Waals surface area contributed by atoms with Gasteiger partial charge in [-0.05, 0) is 36.7 Å². The molecule has 20 heavy (non-hydrogen) atoms. The average Bonchev–Trinajstić information content (AvgIpc) is 2.83. The van der Waals surface area contributed by atoms with E-state index in [2.05, 4.69) is 19.3 Å². The fourth-order valence-electron chi connectivity index (χ4n) is 3.84. The summed E-state index contributed by atoms with van der Waals surface area (Å²) in [5.41, 5.74) is 3.05. The summed E-state index contributed by atoms with van der Waals surface area (Å²) in [6.45, 7) is 4.32. The first-order valence-electron chi connectivity index (χ1n) is 7.40. The molecule has 0 heterocycles. The Morgan fingerprint density at radius 2 is 1.90 bits per heavy atom. The number of hydrogen-bond donors (Lipinski definition) is 2. The van der Waals surface area contributed by atoms with Gasteiger partial charge in [0.2, 0.25) is 0 Å². The molecular formula is C16H24F2N2. The van der Waals surface area contributed by atoms with E-state index >= 15 is 0 Å². The summed E-state index contributed by atoms with van der Waals surface area (Å²) < 4.78 is 27.6. The van der Waals surface area contributed by atoms with Crippen LogP contribution in [0.4, 0.5) is 8.78 Å². The highest BCUT2D eigenvalue weighted by molar-refractivity contribution is 5.25. The van der Waals surface area contributed by atoms with Crippen LogP contribution in [0, 0.1) is 23.0 Å². The molecule has 0 saturated heterocycles. The molecule has 1 atom stereocenters. The van der Waals surface area contributed by atoms with E-state index in [0.29, 0.717) is 11.5 Å². The molecule has 1 fully saturated rings. The third-order valence-electron chi connectivity index (χ3n) is 4.49. The maximum Gasteiger partial charge on any atom is 0.163 e. The normalized spacial score (nSPS) is 19.5. The second-order valence-electron chi connectivity index (χ2n) is 6.41. The molecule has 0 aliphatic heterocycles. The highest BCUT2D eigenvalue weighted by Gasteiger charge is 2.43. The zero-order valence-corrected chi connectivity index (χ0v) is 12.3. The maximum atomic E-state index is 14.1. The Bertz CT molecular complexity index is 454. The lowest BCUT2D eigenvalue weighted by Crippen LogP contribution is -2.41. The van der Waals surface area contributed by atoms with E-state index in [-0.39, 0.29) is 11.5 Å². The van der Waals surface area contributed by atoms with Gasteiger partial charge in [0.1, 0.15) is 0 Å². The predicted molar refractivity (Wildman–Crippen MR) is 76.8 cm³/mol. The lowest BCUT2D eigenvalue weighted by atomic mass is 9.70. The van der Waals surface area contributed by atoms with E-state index in [1.807, 2.05) is 0 Å². The topological polar surface area (TPSA) is 38.0 Å². The lowest BCUT2D eigenvalue weighted by molar-refractivity contribution is 0.152. The monoisotopic (exact) mass is 282 g/mol. The predicted octanol–water partition coefficient (Wildman–Crippen LogP) is 4.08. The van der Waals surface area contributed by atoms with Crippen LogP contribution in [-0.4, -0.2) is 0 Å². The quantitative estimate of drug-likeness (QED) is 0.631. The largest absolute Gasteiger partial charge is 0.271 e. The third kappa shape index (κ3) is 2.86. The molecule has 1 aromatic carbocycles. The number of nitrogens with two attached hydrogens (primary N) is 1. The van der Waals surface area contributed by atoms with Crippen molar-refractivity contribution in [2.24, 2.45) is 17.2 Å². The molecule has 3 N–H and O–H groups in total. The second-order valence-corrected chi connectivity index (χ2v) is 6.41. The Kier molecular flexibility index (Phi) is 4.76. The molecule has 2 rings (SSSR count). The van der Waals surface area contributed by atoms with E-state index in [1.165, 1.54) is 0 Å². The number of nitrogens with one attached hydrogen (secondary N) is 1. The van der Waals surface area contributed by atoms with Crippen molar-refractivity contribution in [2.75, 3.05) is 0 Å². The second kappa shape index (κ2) is 6.19. The van der Waals surface area contributed by atoms with Crippen LogP contribution < -0.4 is 11.3 Å². The van der Waals surface area contributed by atoms with Crippen LogP contribution in [0.2, 0.25) is 0 Å². The molecule has 112 valence electrons. The van der Waals surface area contributed by atoms with Gasteiger partial charge in [-0.1, -0.05) is 38.8 Å². The molecule has 0 aromatic heterocycles. The van der Waals surface area contributed by atoms with Crippen molar-refractivity contribution in [1.29, 1.82) is 0 Å². The molecule has 1 saturated carbocycles. The third-order valence-corrected chi connectivity index (χ3v) is 4.49. The van der Waals surface area contributed by atoms with E-state index in [4.69, 9.17) is 5.84 Å². The number of halogens is 2. The molecule has 0 amide bonds. The average molecular weight is 282 g/mol. The van der Waals surface area contributed by atoms with Crippen molar-refractivity contribution in [3.8, 4) is 0 Å². The summed E-state index contributed by atoms with van der Waals surface area (Å²) >= 11 is 0. The van der Waals surface area contributed by atoms with Gasteiger partial charge in [-0.3, -0.25) is 11.3 Å². The van der Waals surface area contributed by atoms with E-state index in [1.54, 1.807) is 12.1 Å². The summed E-state index contributed by atoms with van der Waals surface area (Å²) in [6.07, 6.45) is 5.24. The van der Waals surface area contributed by atoms with Crippen molar-refractivity contribution in [2.45, 2.75) is 52.0 Å². The van der Waals surface area contributed by atoms with Crippen molar-refractivity contribution in [3.05, 3.63) is 35.4 Å². The Hall–Kier alpha value is -1.00. The van der Waals surface area contributed by atoms with Gasteiger partial charge in [0.15, 0.2) is 11.6 Å². The Morgan fingerprint density at radius 1 is 1.25 bits per heavy atom. The van der Waals surface area contributed by atoms with Gasteiger partial charge in [0.05, 0.1) is 6.04 Å². The molecule has 1 aromatic rings. The van der Waals surface area contributed by atoms with Gasteiger partial charge >= 0.3 is 0 Å². The van der Waals surface area contributed by atoms with E-state index in [0.717, 1.165) is 38.2 Å². The van der Waals surface area contributed by atoms with Gasteiger partial charge in [-0.25, -0.2) is 8.78 Å². The van der Waals surface area contributed by atoms with Crippen LogP contribution in [-0.2, 0) is 0 Å². The molecular weight excluding hydrogens is 258 g/mol. The summed E-state index contributed by atoms with van der Waals surface area (Å²) in [5, 5.41) is 0. The van der Waals surface area contributed by atoms with Gasteiger partial charge in [0.25, 0.3) is 0 Å². The first kappa shape index (κ1) is 15.4. The highest BCUT2D eigenvalue weighted by atomic mass is 19.2.